The van der Waals surface area contributed by atoms with E-state index in [9.17, 15) is 26.0 Å². The van der Waals surface area contributed by atoms with Crippen LogP contribution in [0.15, 0.2) is 41.3 Å². The SMILES string of the molecule is CCc1ccc(-c2cc(OCC(F)(F)F)cc(S(C)(=O)=O)c2)cc1F. The lowest BCUT2D eigenvalue weighted by Gasteiger charge is -2.13. The van der Waals surface area contributed by atoms with Crippen LogP contribution in [-0.4, -0.2) is 27.5 Å². The Kier molecular flexibility index (Phi) is 5.41. The third-order valence-electron chi connectivity index (χ3n) is 3.48. The Balaban J connectivity index is 2.51. The van der Waals surface area contributed by atoms with E-state index in [0.29, 0.717) is 17.5 Å². The van der Waals surface area contributed by atoms with Crippen molar-refractivity contribution in [2.24, 2.45) is 0 Å². The lowest BCUT2D eigenvalue weighted by molar-refractivity contribution is -0.153. The molecule has 2 aromatic rings. The zero-order valence-electron chi connectivity index (χ0n) is 13.5. The van der Waals surface area contributed by atoms with Gasteiger partial charge in [0.25, 0.3) is 0 Å². The van der Waals surface area contributed by atoms with Gasteiger partial charge in [-0.2, -0.15) is 13.2 Å². The second-order valence-electron chi connectivity index (χ2n) is 5.53. The number of benzene rings is 2. The Morgan fingerprint density at radius 1 is 1.04 bits per heavy atom. The van der Waals surface area contributed by atoms with Crippen molar-refractivity contribution < 1.29 is 30.7 Å². The molecule has 136 valence electrons. The summed E-state index contributed by atoms with van der Waals surface area (Å²) in [4.78, 5) is -0.206. The average molecular weight is 376 g/mol. The zero-order valence-corrected chi connectivity index (χ0v) is 14.3. The van der Waals surface area contributed by atoms with Gasteiger partial charge in [-0.05, 0) is 47.4 Å². The molecule has 0 fully saturated rings. The maximum Gasteiger partial charge on any atom is 0.422 e. The molecule has 0 amide bonds. The van der Waals surface area contributed by atoms with Gasteiger partial charge < -0.3 is 4.74 Å². The second-order valence-corrected chi connectivity index (χ2v) is 7.54. The van der Waals surface area contributed by atoms with Crippen LogP contribution in [0.4, 0.5) is 17.6 Å². The van der Waals surface area contributed by atoms with Crippen molar-refractivity contribution in [1.82, 2.24) is 0 Å². The summed E-state index contributed by atoms with van der Waals surface area (Å²) in [5.74, 6) is -0.724. The fourth-order valence-corrected chi connectivity index (χ4v) is 2.89. The molecule has 2 aromatic carbocycles. The topological polar surface area (TPSA) is 43.4 Å². The van der Waals surface area contributed by atoms with E-state index in [4.69, 9.17) is 0 Å². The van der Waals surface area contributed by atoms with Crippen molar-refractivity contribution in [3.05, 3.63) is 47.8 Å². The largest absolute Gasteiger partial charge is 0.484 e. The molecule has 0 atom stereocenters. The number of rotatable bonds is 5. The molecule has 3 nitrogen and oxygen atoms in total. The quantitative estimate of drug-likeness (QED) is 0.727. The first-order valence-corrected chi connectivity index (χ1v) is 9.22. The Hall–Kier alpha value is -2.09. The third-order valence-corrected chi connectivity index (χ3v) is 4.57. The Morgan fingerprint density at radius 3 is 2.24 bits per heavy atom. The summed E-state index contributed by atoms with van der Waals surface area (Å²) in [6.45, 7) is 0.230. The summed E-state index contributed by atoms with van der Waals surface area (Å²) < 4.78 is 79.2. The number of ether oxygens (including phenoxy) is 1. The monoisotopic (exact) mass is 376 g/mol. The van der Waals surface area contributed by atoms with Gasteiger partial charge in [-0.3, -0.25) is 0 Å². The summed E-state index contributed by atoms with van der Waals surface area (Å²) >= 11 is 0. The summed E-state index contributed by atoms with van der Waals surface area (Å²) in [6, 6.07) is 7.89. The van der Waals surface area contributed by atoms with E-state index in [1.807, 2.05) is 0 Å². The first-order valence-electron chi connectivity index (χ1n) is 7.33. The average Bonchev–Trinajstić information content (AvgIpc) is 2.51. The van der Waals surface area contributed by atoms with Crippen LogP contribution < -0.4 is 4.74 Å². The van der Waals surface area contributed by atoms with Crippen molar-refractivity contribution in [3.8, 4) is 16.9 Å². The minimum atomic E-state index is -4.56. The highest BCUT2D eigenvalue weighted by Crippen LogP contribution is 2.30. The van der Waals surface area contributed by atoms with Crippen LogP contribution >= 0.6 is 0 Å². The molecule has 25 heavy (non-hydrogen) atoms. The standard InChI is InChI=1S/C17H16F4O3S/c1-3-11-4-5-12(8-16(11)18)13-6-14(24-10-17(19,20)21)9-15(7-13)25(2,22)23/h4-9H,3,10H2,1-2H3. The molecule has 0 heterocycles. The van der Waals surface area contributed by atoms with Crippen molar-refractivity contribution in [3.63, 3.8) is 0 Å². The number of hydrogen-bond donors (Lipinski definition) is 0. The van der Waals surface area contributed by atoms with Gasteiger partial charge in [0.2, 0.25) is 0 Å². The van der Waals surface area contributed by atoms with Crippen LogP contribution in [-0.2, 0) is 16.3 Å². The normalized spacial score (nSPS) is 12.2. The van der Waals surface area contributed by atoms with Gasteiger partial charge in [0.1, 0.15) is 11.6 Å². The summed E-state index contributed by atoms with van der Waals surface area (Å²) in [6.07, 6.45) is -3.15. The van der Waals surface area contributed by atoms with Gasteiger partial charge in [0.05, 0.1) is 4.90 Å². The van der Waals surface area contributed by atoms with E-state index in [-0.39, 0.29) is 16.2 Å². The van der Waals surface area contributed by atoms with Crippen LogP contribution in [0.2, 0.25) is 0 Å². The summed E-state index contributed by atoms with van der Waals surface area (Å²) in [7, 11) is -3.69. The Morgan fingerprint density at radius 2 is 1.72 bits per heavy atom. The van der Waals surface area contributed by atoms with Gasteiger partial charge in [0.15, 0.2) is 16.4 Å². The van der Waals surface area contributed by atoms with Crippen LogP contribution in [0.3, 0.4) is 0 Å². The van der Waals surface area contributed by atoms with Gasteiger partial charge in [-0.25, -0.2) is 12.8 Å². The van der Waals surface area contributed by atoms with Gasteiger partial charge in [0, 0.05) is 6.26 Å². The van der Waals surface area contributed by atoms with E-state index < -0.39 is 28.4 Å². The van der Waals surface area contributed by atoms with Crippen LogP contribution in [0.5, 0.6) is 5.75 Å². The van der Waals surface area contributed by atoms with Crippen molar-refractivity contribution in [2.75, 3.05) is 12.9 Å². The minimum Gasteiger partial charge on any atom is -0.484 e. The molecular weight excluding hydrogens is 360 g/mol. The highest BCUT2D eigenvalue weighted by Gasteiger charge is 2.28. The molecule has 0 saturated heterocycles. The third kappa shape index (κ3) is 5.19. The zero-order chi connectivity index (χ0) is 18.8. The van der Waals surface area contributed by atoms with E-state index in [1.165, 1.54) is 18.2 Å². The van der Waals surface area contributed by atoms with Crippen molar-refractivity contribution in [2.45, 2.75) is 24.4 Å². The van der Waals surface area contributed by atoms with Gasteiger partial charge >= 0.3 is 6.18 Å². The lowest BCUT2D eigenvalue weighted by Crippen LogP contribution is -2.19. The molecule has 0 radical (unpaired) electrons. The van der Waals surface area contributed by atoms with Gasteiger partial charge in [-0.1, -0.05) is 19.1 Å². The highest BCUT2D eigenvalue weighted by molar-refractivity contribution is 7.90. The molecule has 0 aromatic heterocycles. The predicted octanol–water partition coefficient (Wildman–Crippen LogP) is 4.40. The minimum absolute atomic E-state index is 0.206. The van der Waals surface area contributed by atoms with Crippen molar-refractivity contribution in [1.29, 1.82) is 0 Å². The van der Waals surface area contributed by atoms with E-state index in [0.717, 1.165) is 12.3 Å². The first-order chi connectivity index (χ1) is 11.5. The molecule has 0 aliphatic heterocycles. The molecule has 0 aliphatic carbocycles. The summed E-state index contributed by atoms with van der Waals surface area (Å²) in [5.41, 5.74) is 1.08. The number of sulfone groups is 1. The van der Waals surface area contributed by atoms with Crippen LogP contribution in [0, 0.1) is 5.82 Å². The molecular formula is C17H16F4O3S. The number of hydrogen-bond acceptors (Lipinski definition) is 3. The summed E-state index contributed by atoms with van der Waals surface area (Å²) in [5, 5.41) is 0. The Labute approximate surface area is 143 Å². The molecule has 2 rings (SSSR count). The molecule has 8 heteroatoms. The molecule has 0 bridgehead atoms. The maximum absolute atomic E-state index is 14.0. The fraction of sp³-hybridized carbons (Fsp3) is 0.294. The maximum atomic E-state index is 14.0. The van der Waals surface area contributed by atoms with Crippen LogP contribution in [0.1, 0.15) is 12.5 Å². The van der Waals surface area contributed by atoms with Crippen LogP contribution in [0.25, 0.3) is 11.1 Å². The lowest BCUT2D eigenvalue weighted by atomic mass is 10.0. The predicted molar refractivity (Wildman–Crippen MR) is 85.9 cm³/mol. The Bertz CT molecular complexity index is 874. The number of halogens is 4. The first kappa shape index (κ1) is 19.2. The smallest absolute Gasteiger partial charge is 0.422 e. The van der Waals surface area contributed by atoms with Crippen molar-refractivity contribution >= 4 is 9.84 Å². The number of aryl methyl sites for hydroxylation is 1. The second kappa shape index (κ2) is 7.03. The molecule has 0 aliphatic rings. The molecule has 0 spiro atoms. The van der Waals surface area contributed by atoms with Gasteiger partial charge in [-0.15, -0.1) is 0 Å². The van der Waals surface area contributed by atoms with E-state index in [1.54, 1.807) is 19.1 Å². The molecule has 0 saturated carbocycles. The van der Waals surface area contributed by atoms with E-state index in [2.05, 4.69) is 4.74 Å². The van der Waals surface area contributed by atoms with E-state index >= 15 is 0 Å². The number of alkyl halides is 3. The molecule has 0 unspecified atom stereocenters. The highest BCUT2D eigenvalue weighted by atomic mass is 32.2. The molecule has 0 N–H and O–H groups in total. The fourth-order valence-electron chi connectivity index (χ4n) is 2.21.